The largest absolute Gasteiger partial charge is 0.573 e. The van der Waals surface area contributed by atoms with Crippen LogP contribution in [0.1, 0.15) is 10.5 Å². The number of aromatic carboxylic acids is 1. The van der Waals surface area contributed by atoms with Crippen molar-refractivity contribution < 1.29 is 27.8 Å². The van der Waals surface area contributed by atoms with Gasteiger partial charge in [-0.3, -0.25) is 4.79 Å². The van der Waals surface area contributed by atoms with Crippen LogP contribution in [0, 0.1) is 3.57 Å². The smallest absolute Gasteiger partial charge is 0.476 e. The van der Waals surface area contributed by atoms with E-state index in [0.717, 1.165) is 0 Å². The maximum absolute atomic E-state index is 11.9. The van der Waals surface area contributed by atoms with Gasteiger partial charge >= 0.3 is 12.3 Å². The van der Waals surface area contributed by atoms with Crippen molar-refractivity contribution >= 4 is 28.6 Å². The molecule has 88 valence electrons. The molecule has 0 aliphatic heterocycles. The monoisotopic (exact) mass is 349 g/mol. The Morgan fingerprint density at radius 1 is 1.50 bits per heavy atom. The maximum Gasteiger partial charge on any atom is 0.573 e. The standard InChI is InChI=1S/C7H3F3INO4/c8-7(9,10)16-3-1-2(11)5(13)12-4(3)6(14)15/h1H,(H,12,13)(H,14,15). The van der Waals surface area contributed by atoms with Crippen LogP contribution >= 0.6 is 22.6 Å². The van der Waals surface area contributed by atoms with Crippen LogP contribution in [0.15, 0.2) is 10.9 Å². The topological polar surface area (TPSA) is 79.4 Å². The quantitative estimate of drug-likeness (QED) is 0.795. The fourth-order valence-corrected chi connectivity index (χ4v) is 1.27. The maximum atomic E-state index is 11.9. The molecule has 0 saturated carbocycles. The molecule has 0 unspecified atom stereocenters. The molecule has 0 aliphatic rings. The van der Waals surface area contributed by atoms with Crippen molar-refractivity contribution in [3.05, 3.63) is 25.7 Å². The van der Waals surface area contributed by atoms with E-state index in [1.807, 2.05) is 0 Å². The highest BCUT2D eigenvalue weighted by Gasteiger charge is 2.33. The molecule has 5 nitrogen and oxygen atoms in total. The van der Waals surface area contributed by atoms with Crippen molar-refractivity contribution in [3.63, 3.8) is 0 Å². The SMILES string of the molecule is O=C(O)c1[nH]c(=O)c(I)cc1OC(F)(F)F. The molecule has 0 saturated heterocycles. The molecule has 1 rings (SSSR count). The summed E-state index contributed by atoms with van der Waals surface area (Å²) in [6.45, 7) is 0. The minimum Gasteiger partial charge on any atom is -0.476 e. The van der Waals surface area contributed by atoms with Gasteiger partial charge in [0.25, 0.3) is 5.56 Å². The summed E-state index contributed by atoms with van der Waals surface area (Å²) >= 11 is 1.46. The summed E-state index contributed by atoms with van der Waals surface area (Å²) in [5, 5.41) is 8.56. The summed E-state index contributed by atoms with van der Waals surface area (Å²) < 4.78 is 39.1. The third-order valence-corrected chi connectivity index (χ3v) is 2.20. The Morgan fingerprint density at radius 3 is 2.50 bits per heavy atom. The number of ether oxygens (including phenoxy) is 1. The molecule has 0 atom stereocenters. The van der Waals surface area contributed by atoms with Gasteiger partial charge in [0.15, 0.2) is 11.4 Å². The average Bonchev–Trinajstić information content (AvgIpc) is 2.07. The first-order valence-electron chi connectivity index (χ1n) is 3.62. The van der Waals surface area contributed by atoms with Crippen molar-refractivity contribution in [2.75, 3.05) is 0 Å². The third kappa shape index (κ3) is 3.12. The molecule has 0 amide bonds. The lowest BCUT2D eigenvalue weighted by Gasteiger charge is -2.10. The fourth-order valence-electron chi connectivity index (χ4n) is 0.852. The summed E-state index contributed by atoms with van der Waals surface area (Å²) in [5.74, 6) is -2.67. The number of hydrogen-bond acceptors (Lipinski definition) is 3. The Kier molecular flexibility index (Phi) is 3.45. The van der Waals surface area contributed by atoms with E-state index in [4.69, 9.17) is 5.11 Å². The number of aromatic amines is 1. The molecular formula is C7H3F3INO4. The lowest BCUT2D eigenvalue weighted by atomic mass is 10.3. The molecule has 0 aliphatic carbocycles. The first-order chi connectivity index (χ1) is 7.20. The Morgan fingerprint density at radius 2 is 2.06 bits per heavy atom. The number of hydrogen-bond donors (Lipinski definition) is 2. The molecule has 9 heteroatoms. The Hall–Kier alpha value is -1.26. The first-order valence-corrected chi connectivity index (χ1v) is 4.70. The molecule has 1 aromatic rings. The predicted octanol–water partition coefficient (Wildman–Crippen LogP) is 1.58. The van der Waals surface area contributed by atoms with Crippen LogP contribution in [0.4, 0.5) is 13.2 Å². The van der Waals surface area contributed by atoms with E-state index in [-0.39, 0.29) is 3.57 Å². The van der Waals surface area contributed by atoms with Crippen molar-refractivity contribution in [2.45, 2.75) is 6.36 Å². The van der Waals surface area contributed by atoms with E-state index in [1.54, 1.807) is 4.98 Å². The van der Waals surface area contributed by atoms with Gasteiger partial charge in [0.1, 0.15) is 0 Å². The highest BCUT2D eigenvalue weighted by Crippen LogP contribution is 2.25. The minimum atomic E-state index is -5.02. The minimum absolute atomic E-state index is 0.109. The summed E-state index contributed by atoms with van der Waals surface area (Å²) in [6, 6.07) is 0.705. The van der Waals surface area contributed by atoms with Crippen LogP contribution in [-0.2, 0) is 0 Å². The van der Waals surface area contributed by atoms with Crippen LogP contribution in [0.25, 0.3) is 0 Å². The van der Waals surface area contributed by atoms with Gasteiger partial charge < -0.3 is 14.8 Å². The molecule has 1 heterocycles. The van der Waals surface area contributed by atoms with E-state index in [0.29, 0.717) is 6.07 Å². The number of pyridine rings is 1. The van der Waals surface area contributed by atoms with Crippen molar-refractivity contribution in [1.29, 1.82) is 0 Å². The number of carboxylic acid groups (broad SMARTS) is 1. The number of halogens is 4. The normalized spacial score (nSPS) is 11.2. The zero-order chi connectivity index (χ0) is 12.5. The second-order valence-electron chi connectivity index (χ2n) is 2.54. The zero-order valence-corrected chi connectivity index (χ0v) is 9.42. The van der Waals surface area contributed by atoms with Gasteiger partial charge in [-0.2, -0.15) is 0 Å². The molecule has 16 heavy (non-hydrogen) atoms. The molecule has 2 N–H and O–H groups in total. The van der Waals surface area contributed by atoms with E-state index in [2.05, 4.69) is 4.74 Å². The van der Waals surface area contributed by atoms with Gasteiger partial charge in [-0.15, -0.1) is 13.2 Å². The summed E-state index contributed by atoms with van der Waals surface area (Å²) in [5.41, 5.74) is -1.74. The summed E-state index contributed by atoms with van der Waals surface area (Å²) in [6.07, 6.45) is -5.02. The number of alkyl halides is 3. The fraction of sp³-hybridized carbons (Fsp3) is 0.143. The van der Waals surface area contributed by atoms with Gasteiger partial charge in [0.2, 0.25) is 0 Å². The van der Waals surface area contributed by atoms with E-state index in [1.165, 1.54) is 22.6 Å². The van der Waals surface area contributed by atoms with Crippen molar-refractivity contribution in [1.82, 2.24) is 4.98 Å². The third-order valence-electron chi connectivity index (χ3n) is 1.40. The second kappa shape index (κ2) is 4.31. The van der Waals surface area contributed by atoms with Gasteiger partial charge in [-0.05, 0) is 22.6 Å². The Labute approximate surface area is 99.4 Å². The van der Waals surface area contributed by atoms with Crippen LogP contribution < -0.4 is 10.3 Å². The molecule has 0 spiro atoms. The summed E-state index contributed by atoms with van der Waals surface area (Å²) in [4.78, 5) is 23.3. The van der Waals surface area contributed by atoms with Crippen molar-refractivity contribution in [2.24, 2.45) is 0 Å². The van der Waals surface area contributed by atoms with Gasteiger partial charge in [-0.25, -0.2) is 4.79 Å². The van der Waals surface area contributed by atoms with Gasteiger partial charge in [-0.1, -0.05) is 0 Å². The second-order valence-corrected chi connectivity index (χ2v) is 3.70. The zero-order valence-electron chi connectivity index (χ0n) is 7.26. The molecule has 1 aromatic heterocycles. The predicted molar refractivity (Wildman–Crippen MR) is 53.4 cm³/mol. The van der Waals surface area contributed by atoms with E-state index in [9.17, 15) is 22.8 Å². The number of carboxylic acids is 1. The number of aromatic nitrogens is 1. The lowest BCUT2D eigenvalue weighted by Crippen LogP contribution is -2.23. The van der Waals surface area contributed by atoms with Crippen molar-refractivity contribution in [3.8, 4) is 5.75 Å². The Bertz CT molecular complexity index is 482. The number of carbonyl (C=O) groups is 1. The number of nitrogens with one attached hydrogen (secondary N) is 1. The highest BCUT2D eigenvalue weighted by atomic mass is 127. The molecule has 0 fully saturated rings. The molecule has 0 aromatic carbocycles. The number of rotatable bonds is 2. The highest BCUT2D eigenvalue weighted by molar-refractivity contribution is 14.1. The lowest BCUT2D eigenvalue weighted by molar-refractivity contribution is -0.274. The van der Waals surface area contributed by atoms with Crippen LogP contribution in [0.2, 0.25) is 0 Å². The first kappa shape index (κ1) is 12.8. The van der Waals surface area contributed by atoms with Crippen LogP contribution in [0.3, 0.4) is 0 Å². The van der Waals surface area contributed by atoms with Gasteiger partial charge in [0, 0.05) is 6.07 Å². The molecule has 0 radical (unpaired) electrons. The molecule has 0 bridgehead atoms. The Balaban J connectivity index is 3.31. The number of H-pyrrole nitrogens is 1. The summed E-state index contributed by atoms with van der Waals surface area (Å²) in [7, 11) is 0. The molecular weight excluding hydrogens is 346 g/mol. The average molecular weight is 349 g/mol. The van der Waals surface area contributed by atoms with E-state index < -0.39 is 29.3 Å². The van der Waals surface area contributed by atoms with Crippen LogP contribution in [0.5, 0.6) is 5.75 Å². The van der Waals surface area contributed by atoms with Crippen LogP contribution in [-0.4, -0.2) is 22.4 Å². The van der Waals surface area contributed by atoms with E-state index >= 15 is 0 Å². The van der Waals surface area contributed by atoms with Gasteiger partial charge in [0.05, 0.1) is 3.57 Å².